The van der Waals surface area contributed by atoms with Crippen molar-refractivity contribution in [3.05, 3.63) is 10.1 Å². The first-order valence-electron chi connectivity index (χ1n) is 3.94. The maximum absolute atomic E-state index is 9.77. The zero-order chi connectivity index (χ0) is 16.2. The molecule has 0 amide bonds. The van der Waals surface area contributed by atoms with Crippen LogP contribution in [-0.4, -0.2) is 60.5 Å². The highest BCUT2D eigenvalue weighted by Crippen LogP contribution is 2.27. The van der Waals surface area contributed by atoms with Gasteiger partial charge in [0, 0.05) is 25.2 Å². The van der Waals surface area contributed by atoms with Crippen LogP contribution in [0, 0.1) is 10.1 Å². The summed E-state index contributed by atoms with van der Waals surface area (Å²) in [5.74, 6) is -0.833. The van der Waals surface area contributed by atoms with Gasteiger partial charge in [-0.25, -0.2) is 0 Å². The Kier molecular flexibility index (Phi) is 17.8. The van der Waals surface area contributed by atoms with E-state index in [9.17, 15) is 13.0 Å². The maximum atomic E-state index is 9.77. The first kappa shape index (κ1) is 25.7. The average molecular weight is 311 g/mol. The SMILES string of the molecule is CC(=O)O.CP(C)(=O)O.CS(=O)(=O)O.C[N+](=O)[O-]. The highest BCUT2D eigenvalue weighted by atomic mass is 32.2. The van der Waals surface area contributed by atoms with E-state index < -0.39 is 28.4 Å². The molecule has 0 aliphatic rings. The molecule has 0 radical (unpaired) electrons. The van der Waals surface area contributed by atoms with Gasteiger partial charge in [0.2, 0.25) is 0 Å². The summed E-state index contributed by atoms with van der Waals surface area (Å²) in [4.78, 5) is 25.4. The fourth-order valence-electron chi connectivity index (χ4n) is 0. The number of carboxylic acids is 1. The van der Waals surface area contributed by atoms with E-state index in [1.54, 1.807) is 0 Å². The van der Waals surface area contributed by atoms with Crippen LogP contribution >= 0.6 is 7.37 Å². The Morgan fingerprint density at radius 3 is 1.33 bits per heavy atom. The number of nitrogens with zero attached hydrogens (tertiary/aromatic N) is 1. The molecule has 0 aliphatic heterocycles. The fourth-order valence-corrected chi connectivity index (χ4v) is 0. The molecule has 0 heterocycles. The summed E-state index contributed by atoms with van der Waals surface area (Å²) in [6, 6.07) is 0. The summed E-state index contributed by atoms with van der Waals surface area (Å²) in [7, 11) is -5.42. The molecule has 0 aromatic rings. The molecule has 0 saturated carbocycles. The van der Waals surface area contributed by atoms with Crippen LogP contribution < -0.4 is 0 Å². The van der Waals surface area contributed by atoms with Gasteiger partial charge in [-0.05, 0) is 0 Å². The van der Waals surface area contributed by atoms with Crippen molar-refractivity contribution in [3.8, 4) is 0 Å². The summed E-state index contributed by atoms with van der Waals surface area (Å²) < 4.78 is 35.6. The van der Waals surface area contributed by atoms with Crippen molar-refractivity contribution in [2.45, 2.75) is 6.92 Å². The van der Waals surface area contributed by atoms with E-state index in [0.717, 1.165) is 14.0 Å². The van der Waals surface area contributed by atoms with Gasteiger partial charge < -0.3 is 10.00 Å². The van der Waals surface area contributed by atoms with Crippen LogP contribution in [0.15, 0.2) is 0 Å². The van der Waals surface area contributed by atoms with E-state index >= 15 is 0 Å². The quantitative estimate of drug-likeness (QED) is 0.241. The van der Waals surface area contributed by atoms with Crippen molar-refractivity contribution in [1.82, 2.24) is 0 Å². The molecule has 12 heteroatoms. The van der Waals surface area contributed by atoms with Crippen LogP contribution in [0.4, 0.5) is 0 Å². The van der Waals surface area contributed by atoms with E-state index in [4.69, 9.17) is 29.5 Å². The van der Waals surface area contributed by atoms with Gasteiger partial charge in [-0.3, -0.25) is 24.0 Å². The summed E-state index contributed by atoms with van der Waals surface area (Å²) in [6.07, 6.45) is 0.715. The molecule has 0 spiro atoms. The molecular weight excluding hydrogens is 293 g/mol. The maximum Gasteiger partial charge on any atom is 0.300 e. The first-order valence-corrected chi connectivity index (χ1v) is 8.34. The molecule has 112 valence electrons. The van der Waals surface area contributed by atoms with E-state index in [1.165, 1.54) is 13.3 Å². The zero-order valence-electron chi connectivity index (χ0n) is 10.6. The minimum Gasteiger partial charge on any atom is -0.481 e. The molecule has 3 N–H and O–H groups in total. The van der Waals surface area contributed by atoms with E-state index in [1.807, 2.05) is 0 Å². The van der Waals surface area contributed by atoms with Crippen LogP contribution in [0.25, 0.3) is 0 Å². The third-order valence-electron chi connectivity index (χ3n) is 0. The Morgan fingerprint density at radius 1 is 1.33 bits per heavy atom. The molecule has 0 aromatic heterocycles. The van der Waals surface area contributed by atoms with Gasteiger partial charge in [-0.15, -0.1) is 0 Å². The Labute approximate surface area is 105 Å². The Balaban J connectivity index is -0.0000000731. The second-order valence-electron chi connectivity index (χ2n) is 2.99. The predicted molar refractivity (Wildman–Crippen MR) is 65.4 cm³/mol. The van der Waals surface area contributed by atoms with Crippen LogP contribution in [0.5, 0.6) is 0 Å². The lowest BCUT2D eigenvalue weighted by Gasteiger charge is -1.86. The Bertz CT molecular complexity index is 334. The molecule has 0 rings (SSSR count). The summed E-state index contributed by atoms with van der Waals surface area (Å²) in [5, 5.41) is 16.2. The molecular formula is C6H18NO9PS. The Morgan fingerprint density at radius 2 is 1.33 bits per heavy atom. The van der Waals surface area contributed by atoms with Crippen molar-refractivity contribution < 1.29 is 37.3 Å². The van der Waals surface area contributed by atoms with Gasteiger partial charge >= 0.3 is 0 Å². The monoisotopic (exact) mass is 311 g/mol. The van der Waals surface area contributed by atoms with E-state index in [-0.39, 0.29) is 0 Å². The van der Waals surface area contributed by atoms with Crippen LogP contribution in [0.2, 0.25) is 0 Å². The lowest BCUT2D eigenvalue weighted by molar-refractivity contribution is -0.445. The van der Waals surface area contributed by atoms with Crippen molar-refractivity contribution >= 4 is 23.5 Å². The molecule has 0 unspecified atom stereocenters. The minimum atomic E-state index is -3.67. The van der Waals surface area contributed by atoms with Gasteiger partial charge in [0.1, 0.15) is 0 Å². The van der Waals surface area contributed by atoms with Gasteiger partial charge in [0.25, 0.3) is 16.1 Å². The second-order valence-corrected chi connectivity index (χ2v) is 7.04. The number of carboxylic acid groups (broad SMARTS) is 1. The fraction of sp³-hybridized carbons (Fsp3) is 0.833. The van der Waals surface area contributed by atoms with Crippen molar-refractivity contribution in [2.75, 3.05) is 26.6 Å². The van der Waals surface area contributed by atoms with Crippen molar-refractivity contribution in [1.29, 1.82) is 0 Å². The lowest BCUT2D eigenvalue weighted by Crippen LogP contribution is -1.88. The van der Waals surface area contributed by atoms with E-state index in [0.29, 0.717) is 6.26 Å². The topological polar surface area (TPSA) is 172 Å². The van der Waals surface area contributed by atoms with Crippen molar-refractivity contribution in [2.24, 2.45) is 0 Å². The Hall–Kier alpha value is -1.03. The third-order valence-corrected chi connectivity index (χ3v) is 0. The molecule has 0 saturated heterocycles. The summed E-state index contributed by atoms with van der Waals surface area (Å²) in [6.45, 7) is 3.68. The van der Waals surface area contributed by atoms with Crippen LogP contribution in [0.3, 0.4) is 0 Å². The highest BCUT2D eigenvalue weighted by molar-refractivity contribution is 7.85. The zero-order valence-corrected chi connectivity index (χ0v) is 12.3. The minimum absolute atomic E-state index is 0.500. The molecule has 0 bridgehead atoms. The summed E-state index contributed by atoms with van der Waals surface area (Å²) in [5.41, 5.74) is 0. The number of hydrogen-bond acceptors (Lipinski definition) is 6. The first-order chi connectivity index (χ1) is 7.46. The normalized spacial score (nSPS) is 9.28. The summed E-state index contributed by atoms with van der Waals surface area (Å²) >= 11 is 0. The van der Waals surface area contributed by atoms with Gasteiger partial charge in [-0.1, -0.05) is 0 Å². The number of carbonyl (C=O) groups is 1. The molecule has 0 aliphatic carbocycles. The number of hydrogen-bond donors (Lipinski definition) is 3. The largest absolute Gasteiger partial charge is 0.481 e. The standard InChI is InChI=1S/C2H7O2P.C2H4O2.CH3NO2.CH4O3S/c1-5(2,3)4;2*1-2(3)4;1-5(2,3)4/h1-2H3,(H,3,4);1H3,(H,3,4);1H3;1H3,(H,2,3,4). The third kappa shape index (κ3) is 2750. The second kappa shape index (κ2) is 12.4. The van der Waals surface area contributed by atoms with Gasteiger partial charge in [0.15, 0.2) is 14.4 Å². The molecule has 0 aromatic carbocycles. The predicted octanol–water partition coefficient (Wildman–Crippen LogP) is 0.00420. The number of rotatable bonds is 0. The van der Waals surface area contributed by atoms with Crippen LogP contribution in [-0.2, 0) is 19.5 Å². The molecule has 10 nitrogen and oxygen atoms in total. The van der Waals surface area contributed by atoms with Crippen LogP contribution in [0.1, 0.15) is 6.92 Å². The van der Waals surface area contributed by atoms with Crippen molar-refractivity contribution in [3.63, 3.8) is 0 Å². The van der Waals surface area contributed by atoms with Gasteiger partial charge in [-0.2, -0.15) is 8.42 Å². The average Bonchev–Trinajstić information content (AvgIpc) is 1.70. The van der Waals surface area contributed by atoms with Gasteiger partial charge in [0.05, 0.1) is 6.26 Å². The lowest BCUT2D eigenvalue weighted by atomic mass is 10.9. The smallest absolute Gasteiger partial charge is 0.300 e. The number of aliphatic carboxylic acids is 1. The highest BCUT2D eigenvalue weighted by Gasteiger charge is 1.92. The molecule has 0 fully saturated rings. The molecule has 0 atom stereocenters. The number of nitro groups is 1. The molecule has 18 heavy (non-hydrogen) atoms. The van der Waals surface area contributed by atoms with E-state index in [2.05, 4.69) is 0 Å².